The van der Waals surface area contributed by atoms with Crippen molar-refractivity contribution in [2.75, 3.05) is 5.32 Å². The molecule has 0 saturated heterocycles. The first-order valence-electron chi connectivity index (χ1n) is 5.27. The minimum Gasteiger partial charge on any atom is -0.369 e. The number of nitrogens with two attached hydrogens (primary N) is 1. The predicted molar refractivity (Wildman–Crippen MR) is 67.7 cm³/mol. The Morgan fingerprint density at radius 1 is 0.944 bits per heavy atom. The monoisotopic (exact) mass is 247 g/mol. The molecule has 2 rings (SSSR count). The zero-order chi connectivity index (χ0) is 13.0. The smallest absolute Gasteiger partial charge is 0.198 e. The number of para-hydroxylation sites is 2. The van der Waals surface area contributed by atoms with Crippen LogP contribution in [0.25, 0.3) is 0 Å². The number of nitrogens with one attached hydrogen (secondary N) is 1. The van der Waals surface area contributed by atoms with Crippen LogP contribution in [0.2, 0.25) is 0 Å². The molecule has 3 N–H and O–H groups in total. The fraction of sp³-hybridized carbons (Fsp3) is 0. The van der Waals surface area contributed by atoms with Crippen LogP contribution in [-0.2, 0) is 0 Å². The van der Waals surface area contributed by atoms with E-state index in [-0.39, 0.29) is 17.3 Å². The average molecular weight is 247 g/mol. The van der Waals surface area contributed by atoms with Crippen molar-refractivity contribution < 1.29 is 8.78 Å². The molecule has 0 atom stereocenters. The van der Waals surface area contributed by atoms with Crippen LogP contribution in [0.4, 0.5) is 20.2 Å². The molecular weight excluding hydrogens is 236 g/mol. The lowest BCUT2D eigenvalue weighted by atomic mass is 10.3. The maximum absolute atomic E-state index is 13.3. The maximum atomic E-state index is 13.3. The van der Waals surface area contributed by atoms with Crippen LogP contribution in [0.1, 0.15) is 0 Å². The number of hydrogen-bond donors (Lipinski definition) is 2. The molecule has 3 nitrogen and oxygen atoms in total. The van der Waals surface area contributed by atoms with Crippen LogP contribution in [0.5, 0.6) is 0 Å². The lowest BCUT2D eigenvalue weighted by molar-refractivity contribution is 0.630. The fourth-order valence-corrected chi connectivity index (χ4v) is 1.40. The first-order chi connectivity index (χ1) is 8.66. The van der Waals surface area contributed by atoms with Crippen LogP contribution in [0.3, 0.4) is 0 Å². The molecule has 5 heteroatoms. The molecule has 0 fully saturated rings. The van der Waals surface area contributed by atoms with Crippen molar-refractivity contribution in [3.8, 4) is 0 Å². The molecule has 0 aliphatic rings. The highest BCUT2D eigenvalue weighted by atomic mass is 19.1. The molecule has 0 aliphatic heterocycles. The third-order valence-electron chi connectivity index (χ3n) is 2.23. The molecule has 0 amide bonds. The molecule has 0 saturated carbocycles. The second kappa shape index (κ2) is 5.27. The van der Waals surface area contributed by atoms with Gasteiger partial charge in [0.15, 0.2) is 5.96 Å². The summed E-state index contributed by atoms with van der Waals surface area (Å²) in [7, 11) is 0. The summed E-state index contributed by atoms with van der Waals surface area (Å²) in [5.41, 5.74) is 5.87. The zero-order valence-corrected chi connectivity index (χ0v) is 9.40. The summed E-state index contributed by atoms with van der Waals surface area (Å²) in [6, 6.07) is 12.0. The molecule has 2 aromatic rings. The zero-order valence-electron chi connectivity index (χ0n) is 9.40. The molecule has 0 aromatic heterocycles. The topological polar surface area (TPSA) is 50.4 Å². The van der Waals surface area contributed by atoms with E-state index in [2.05, 4.69) is 10.3 Å². The van der Waals surface area contributed by atoms with Gasteiger partial charge in [-0.1, -0.05) is 24.3 Å². The number of rotatable bonds is 2. The van der Waals surface area contributed by atoms with Crippen molar-refractivity contribution in [1.82, 2.24) is 0 Å². The number of aliphatic imine (C=N–C) groups is 1. The van der Waals surface area contributed by atoms with E-state index in [4.69, 9.17) is 5.73 Å². The normalized spacial score (nSPS) is 11.3. The summed E-state index contributed by atoms with van der Waals surface area (Å²) < 4.78 is 26.6. The summed E-state index contributed by atoms with van der Waals surface area (Å²) in [6.07, 6.45) is 0. The Morgan fingerprint density at radius 2 is 1.56 bits per heavy atom. The van der Waals surface area contributed by atoms with Crippen molar-refractivity contribution in [2.24, 2.45) is 10.7 Å². The van der Waals surface area contributed by atoms with Gasteiger partial charge in [-0.2, -0.15) is 0 Å². The highest BCUT2D eigenvalue weighted by Crippen LogP contribution is 2.17. The van der Waals surface area contributed by atoms with Gasteiger partial charge in [0.2, 0.25) is 0 Å². The first-order valence-corrected chi connectivity index (χ1v) is 5.27. The summed E-state index contributed by atoms with van der Waals surface area (Å²) in [4.78, 5) is 3.84. The van der Waals surface area contributed by atoms with Crippen LogP contribution in [-0.4, -0.2) is 5.96 Å². The third-order valence-corrected chi connectivity index (χ3v) is 2.23. The minimum absolute atomic E-state index is 0.0785. The van der Waals surface area contributed by atoms with E-state index in [1.807, 2.05) is 0 Å². The third kappa shape index (κ3) is 2.82. The molecule has 0 unspecified atom stereocenters. The number of hydrogen-bond acceptors (Lipinski definition) is 1. The lowest BCUT2D eigenvalue weighted by Crippen LogP contribution is -2.22. The molecular formula is C13H11F2N3. The summed E-state index contributed by atoms with van der Waals surface area (Å²) in [5.74, 6) is -1.02. The van der Waals surface area contributed by atoms with E-state index in [0.717, 1.165) is 0 Å². The number of guanidine groups is 1. The molecule has 0 heterocycles. The second-order valence-corrected chi connectivity index (χ2v) is 3.55. The van der Waals surface area contributed by atoms with Gasteiger partial charge in [0.05, 0.1) is 5.69 Å². The van der Waals surface area contributed by atoms with Crippen LogP contribution < -0.4 is 11.1 Å². The van der Waals surface area contributed by atoms with Gasteiger partial charge in [-0.25, -0.2) is 13.8 Å². The number of benzene rings is 2. The number of anilines is 1. The lowest BCUT2D eigenvalue weighted by Gasteiger charge is -2.06. The SMILES string of the molecule is NC(=Nc1ccccc1F)Nc1ccccc1F. The van der Waals surface area contributed by atoms with Crippen molar-refractivity contribution >= 4 is 17.3 Å². The Hall–Kier alpha value is -2.43. The predicted octanol–water partition coefficient (Wildman–Crippen LogP) is 3.02. The highest BCUT2D eigenvalue weighted by Gasteiger charge is 2.03. The molecule has 18 heavy (non-hydrogen) atoms. The van der Waals surface area contributed by atoms with Gasteiger partial charge in [-0.3, -0.25) is 0 Å². The van der Waals surface area contributed by atoms with Gasteiger partial charge >= 0.3 is 0 Å². The second-order valence-electron chi connectivity index (χ2n) is 3.55. The van der Waals surface area contributed by atoms with Gasteiger partial charge in [0, 0.05) is 0 Å². The van der Waals surface area contributed by atoms with Gasteiger partial charge in [-0.05, 0) is 24.3 Å². The Bertz CT molecular complexity index is 582. The summed E-state index contributed by atoms with van der Waals surface area (Å²) in [5, 5.41) is 2.57. The van der Waals surface area contributed by atoms with Crippen LogP contribution >= 0.6 is 0 Å². The van der Waals surface area contributed by atoms with E-state index in [1.54, 1.807) is 24.3 Å². The van der Waals surface area contributed by atoms with E-state index in [0.29, 0.717) is 0 Å². The number of nitrogens with zero attached hydrogens (tertiary/aromatic N) is 1. The standard InChI is InChI=1S/C13H11F2N3/c14-9-5-1-3-7-11(9)17-13(16)18-12-8-4-2-6-10(12)15/h1-8H,(H3,16,17,18). The first kappa shape index (κ1) is 12.0. The Balaban J connectivity index is 2.20. The van der Waals surface area contributed by atoms with Crippen LogP contribution in [0.15, 0.2) is 53.5 Å². The maximum Gasteiger partial charge on any atom is 0.198 e. The fourth-order valence-electron chi connectivity index (χ4n) is 1.40. The molecule has 2 aromatic carbocycles. The Kier molecular flexibility index (Phi) is 3.52. The molecule has 0 bridgehead atoms. The molecule has 0 radical (unpaired) electrons. The van der Waals surface area contributed by atoms with Crippen LogP contribution in [0, 0.1) is 11.6 Å². The van der Waals surface area contributed by atoms with Crippen molar-refractivity contribution in [2.45, 2.75) is 0 Å². The Morgan fingerprint density at radius 3 is 2.22 bits per heavy atom. The van der Waals surface area contributed by atoms with E-state index >= 15 is 0 Å². The average Bonchev–Trinajstić information content (AvgIpc) is 2.35. The van der Waals surface area contributed by atoms with Crippen molar-refractivity contribution in [3.63, 3.8) is 0 Å². The molecule has 0 spiro atoms. The van der Waals surface area contributed by atoms with E-state index in [9.17, 15) is 8.78 Å². The van der Waals surface area contributed by atoms with Gasteiger partial charge in [0.25, 0.3) is 0 Å². The van der Waals surface area contributed by atoms with Crippen molar-refractivity contribution in [3.05, 3.63) is 60.2 Å². The Labute approximate surface area is 103 Å². The molecule has 92 valence electrons. The van der Waals surface area contributed by atoms with E-state index < -0.39 is 11.6 Å². The molecule has 0 aliphatic carbocycles. The summed E-state index contributed by atoms with van der Waals surface area (Å²) >= 11 is 0. The van der Waals surface area contributed by atoms with Gasteiger partial charge < -0.3 is 11.1 Å². The quantitative estimate of drug-likeness (QED) is 0.633. The van der Waals surface area contributed by atoms with Gasteiger partial charge in [0.1, 0.15) is 17.3 Å². The minimum atomic E-state index is -0.490. The van der Waals surface area contributed by atoms with E-state index in [1.165, 1.54) is 24.3 Å². The van der Waals surface area contributed by atoms with Crippen molar-refractivity contribution in [1.29, 1.82) is 0 Å². The summed E-state index contributed by atoms with van der Waals surface area (Å²) in [6.45, 7) is 0. The number of halogens is 2. The van der Waals surface area contributed by atoms with Gasteiger partial charge in [-0.15, -0.1) is 0 Å². The highest BCUT2D eigenvalue weighted by molar-refractivity contribution is 5.94. The largest absolute Gasteiger partial charge is 0.369 e.